The Hall–Kier alpha value is -1.78. The molecule has 5 heteroatoms. The second-order valence-corrected chi connectivity index (χ2v) is 5.26. The quantitative estimate of drug-likeness (QED) is 0.861. The Labute approximate surface area is 115 Å². The highest BCUT2D eigenvalue weighted by molar-refractivity contribution is 6.03. The third kappa shape index (κ3) is 2.57. The largest absolute Gasteiger partial charge is 0.480 e. The van der Waals surface area contributed by atoms with E-state index in [0.29, 0.717) is 12.8 Å². The van der Waals surface area contributed by atoms with Crippen LogP contribution in [-0.4, -0.2) is 16.9 Å². The number of hydrogen-bond donors (Lipinski definition) is 1. The Morgan fingerprint density at radius 1 is 1.25 bits per heavy atom. The van der Waals surface area contributed by atoms with Gasteiger partial charge in [-0.2, -0.15) is 0 Å². The summed E-state index contributed by atoms with van der Waals surface area (Å²) >= 11 is 0. The van der Waals surface area contributed by atoms with Gasteiger partial charge in [-0.25, -0.2) is 8.78 Å². The van der Waals surface area contributed by atoms with E-state index in [1.807, 2.05) is 0 Å². The van der Waals surface area contributed by atoms with Crippen molar-refractivity contribution in [1.29, 1.82) is 0 Å². The zero-order chi connectivity index (χ0) is 14.8. The van der Waals surface area contributed by atoms with E-state index in [2.05, 4.69) is 0 Å². The first kappa shape index (κ1) is 14.6. The normalized spacial score (nSPS) is 23.6. The molecule has 1 N–H and O–H groups in total. The minimum absolute atomic E-state index is 0.0103. The summed E-state index contributed by atoms with van der Waals surface area (Å²) in [4.78, 5) is 23.4. The van der Waals surface area contributed by atoms with Crippen LogP contribution in [0.25, 0.3) is 0 Å². The molecule has 1 aromatic carbocycles. The van der Waals surface area contributed by atoms with Gasteiger partial charge in [0.05, 0.1) is 0 Å². The van der Waals surface area contributed by atoms with E-state index in [-0.39, 0.29) is 18.4 Å². The number of rotatable bonds is 4. The lowest BCUT2D eigenvalue weighted by Gasteiger charge is -2.34. The van der Waals surface area contributed by atoms with Crippen LogP contribution in [0.1, 0.15) is 37.7 Å². The summed E-state index contributed by atoms with van der Waals surface area (Å²) in [6.45, 7) is 0. The molecule has 0 aromatic heterocycles. The van der Waals surface area contributed by atoms with Gasteiger partial charge in [0.25, 0.3) is 5.92 Å². The van der Waals surface area contributed by atoms with Crippen LogP contribution in [-0.2, 0) is 15.5 Å². The molecular formula is C15H16F2O3. The lowest BCUT2D eigenvalue weighted by atomic mass is 9.69. The molecule has 1 aliphatic rings. The SMILES string of the molecule is O=C(O)C1(CC(F)(F)c2ccccc2)CCCCC1=O. The monoisotopic (exact) mass is 282 g/mol. The number of hydrogen-bond acceptors (Lipinski definition) is 2. The number of aliphatic carboxylic acids is 1. The number of halogens is 2. The molecule has 3 nitrogen and oxygen atoms in total. The molecule has 1 saturated carbocycles. The predicted molar refractivity (Wildman–Crippen MR) is 68.5 cm³/mol. The standard InChI is InChI=1S/C15H16F2O3/c16-15(17,11-6-2-1-3-7-11)10-14(13(19)20)9-5-4-8-12(14)18/h1-3,6-7H,4-5,8-10H2,(H,19,20). The first-order valence-electron chi connectivity index (χ1n) is 6.58. The average molecular weight is 282 g/mol. The molecule has 20 heavy (non-hydrogen) atoms. The summed E-state index contributed by atoms with van der Waals surface area (Å²) in [5, 5.41) is 9.32. The number of ketones is 1. The van der Waals surface area contributed by atoms with E-state index in [1.165, 1.54) is 24.3 Å². The zero-order valence-electron chi connectivity index (χ0n) is 10.9. The van der Waals surface area contributed by atoms with Crippen LogP contribution in [0.3, 0.4) is 0 Å². The summed E-state index contributed by atoms with van der Waals surface area (Å²) in [6, 6.07) is 7.06. The second-order valence-electron chi connectivity index (χ2n) is 5.26. The molecule has 0 bridgehead atoms. The molecule has 1 fully saturated rings. The number of carboxylic acid groups (broad SMARTS) is 1. The minimum atomic E-state index is -3.33. The van der Waals surface area contributed by atoms with E-state index in [9.17, 15) is 23.5 Å². The van der Waals surface area contributed by atoms with Gasteiger partial charge >= 0.3 is 5.97 Å². The van der Waals surface area contributed by atoms with Crippen molar-refractivity contribution >= 4 is 11.8 Å². The average Bonchev–Trinajstić information content (AvgIpc) is 2.42. The molecule has 1 aromatic rings. The summed E-state index contributed by atoms with van der Waals surface area (Å²) in [6.07, 6.45) is 0.159. The molecule has 0 aliphatic heterocycles. The molecular weight excluding hydrogens is 266 g/mol. The van der Waals surface area contributed by atoms with Crippen molar-refractivity contribution in [1.82, 2.24) is 0 Å². The Morgan fingerprint density at radius 2 is 1.90 bits per heavy atom. The second kappa shape index (κ2) is 5.31. The van der Waals surface area contributed by atoms with Crippen molar-refractivity contribution in [2.75, 3.05) is 0 Å². The Kier molecular flexibility index (Phi) is 3.88. The maximum Gasteiger partial charge on any atom is 0.317 e. The van der Waals surface area contributed by atoms with E-state index in [1.54, 1.807) is 6.07 Å². The zero-order valence-corrected chi connectivity index (χ0v) is 10.9. The van der Waals surface area contributed by atoms with Gasteiger partial charge in [0.2, 0.25) is 0 Å². The lowest BCUT2D eigenvalue weighted by molar-refractivity contribution is -0.165. The fourth-order valence-corrected chi connectivity index (χ4v) is 2.74. The van der Waals surface area contributed by atoms with Gasteiger partial charge < -0.3 is 5.11 Å². The van der Waals surface area contributed by atoms with Crippen LogP contribution < -0.4 is 0 Å². The van der Waals surface area contributed by atoms with Crippen LogP contribution in [0.15, 0.2) is 30.3 Å². The molecule has 1 atom stereocenters. The molecule has 0 saturated heterocycles. The van der Waals surface area contributed by atoms with Gasteiger partial charge in [0.15, 0.2) is 0 Å². The first-order chi connectivity index (χ1) is 9.38. The Morgan fingerprint density at radius 3 is 2.45 bits per heavy atom. The maximum atomic E-state index is 14.3. The van der Waals surface area contributed by atoms with Crippen molar-refractivity contribution in [2.45, 2.75) is 38.0 Å². The smallest absolute Gasteiger partial charge is 0.317 e. The molecule has 0 spiro atoms. The molecule has 1 unspecified atom stereocenters. The predicted octanol–water partition coefficient (Wildman–Crippen LogP) is 3.38. The van der Waals surface area contributed by atoms with Gasteiger partial charge in [-0.05, 0) is 12.8 Å². The fourth-order valence-electron chi connectivity index (χ4n) is 2.74. The van der Waals surface area contributed by atoms with E-state index in [4.69, 9.17) is 0 Å². The van der Waals surface area contributed by atoms with Crippen LogP contribution in [0, 0.1) is 5.41 Å². The Bertz CT molecular complexity index is 513. The van der Waals surface area contributed by atoms with Gasteiger partial charge in [0, 0.05) is 18.4 Å². The maximum absolute atomic E-state index is 14.3. The first-order valence-corrected chi connectivity index (χ1v) is 6.58. The van der Waals surface area contributed by atoms with E-state index in [0.717, 1.165) is 0 Å². The summed E-state index contributed by atoms with van der Waals surface area (Å²) < 4.78 is 28.6. The fraction of sp³-hybridized carbons (Fsp3) is 0.467. The van der Waals surface area contributed by atoms with Crippen molar-refractivity contribution in [3.63, 3.8) is 0 Å². The van der Waals surface area contributed by atoms with E-state index < -0.39 is 29.5 Å². The number of carbonyl (C=O) groups is 2. The van der Waals surface area contributed by atoms with Crippen molar-refractivity contribution in [3.05, 3.63) is 35.9 Å². The van der Waals surface area contributed by atoms with Gasteiger partial charge in [-0.3, -0.25) is 9.59 Å². The number of carboxylic acids is 1. The molecule has 2 rings (SSSR count). The van der Waals surface area contributed by atoms with Gasteiger partial charge in [-0.15, -0.1) is 0 Å². The summed E-state index contributed by atoms with van der Waals surface area (Å²) in [7, 11) is 0. The van der Waals surface area contributed by atoms with Gasteiger partial charge in [-0.1, -0.05) is 36.8 Å². The molecule has 1 aliphatic carbocycles. The third-order valence-electron chi connectivity index (χ3n) is 3.92. The Balaban J connectivity index is 2.33. The molecule has 108 valence electrons. The highest BCUT2D eigenvalue weighted by atomic mass is 19.3. The number of benzene rings is 1. The number of carbonyl (C=O) groups excluding carboxylic acids is 1. The molecule has 0 amide bonds. The summed E-state index contributed by atoms with van der Waals surface area (Å²) in [5.41, 5.74) is -2.20. The van der Waals surface area contributed by atoms with Crippen LogP contribution in [0.4, 0.5) is 8.78 Å². The third-order valence-corrected chi connectivity index (χ3v) is 3.92. The number of Topliss-reactive ketones (excluding diaryl/α,β-unsaturated/α-hetero) is 1. The minimum Gasteiger partial charge on any atom is -0.480 e. The molecule has 0 heterocycles. The van der Waals surface area contributed by atoms with Crippen molar-refractivity contribution < 1.29 is 23.5 Å². The lowest BCUT2D eigenvalue weighted by Crippen LogP contribution is -2.45. The highest BCUT2D eigenvalue weighted by Gasteiger charge is 2.53. The van der Waals surface area contributed by atoms with Crippen molar-refractivity contribution in [3.8, 4) is 0 Å². The topological polar surface area (TPSA) is 54.4 Å². The summed E-state index contributed by atoms with van der Waals surface area (Å²) in [5.74, 6) is -5.34. The van der Waals surface area contributed by atoms with Crippen LogP contribution >= 0.6 is 0 Å². The van der Waals surface area contributed by atoms with Crippen LogP contribution in [0.2, 0.25) is 0 Å². The van der Waals surface area contributed by atoms with Gasteiger partial charge in [0.1, 0.15) is 11.2 Å². The van der Waals surface area contributed by atoms with E-state index >= 15 is 0 Å². The van der Waals surface area contributed by atoms with Crippen LogP contribution in [0.5, 0.6) is 0 Å². The highest BCUT2D eigenvalue weighted by Crippen LogP contribution is 2.46. The van der Waals surface area contributed by atoms with Crippen molar-refractivity contribution in [2.24, 2.45) is 5.41 Å². The molecule has 0 radical (unpaired) electrons. The number of alkyl halides is 2.